The van der Waals surface area contributed by atoms with Crippen molar-refractivity contribution in [1.82, 2.24) is 5.32 Å². The van der Waals surface area contributed by atoms with E-state index in [1.54, 1.807) is 24.3 Å². The maximum Gasteiger partial charge on any atom is 0.335 e. The number of hydrogen-bond donors (Lipinski definition) is 2. The van der Waals surface area contributed by atoms with Crippen molar-refractivity contribution in [3.63, 3.8) is 0 Å². The molecule has 0 unspecified atom stereocenters. The summed E-state index contributed by atoms with van der Waals surface area (Å²) < 4.78 is 0. The van der Waals surface area contributed by atoms with E-state index in [1.807, 2.05) is 13.8 Å². The Kier molecular flexibility index (Phi) is 4.66. The number of rotatable bonds is 5. The first-order valence-corrected chi connectivity index (χ1v) is 7.52. The van der Waals surface area contributed by atoms with Gasteiger partial charge < -0.3 is 10.4 Å². The molecule has 1 aliphatic carbocycles. The Morgan fingerprint density at radius 1 is 1.19 bits per heavy atom. The molecule has 1 aromatic rings. The highest BCUT2D eigenvalue weighted by molar-refractivity contribution is 5.87. The Balaban J connectivity index is 1.92. The van der Waals surface area contributed by atoms with Gasteiger partial charge in [-0.3, -0.25) is 4.79 Å². The lowest BCUT2D eigenvalue weighted by molar-refractivity contribution is -0.132. The van der Waals surface area contributed by atoms with Crippen LogP contribution in [-0.4, -0.2) is 17.0 Å². The number of nitrogens with one attached hydrogen (secondary N) is 1. The predicted molar refractivity (Wildman–Crippen MR) is 81.0 cm³/mol. The van der Waals surface area contributed by atoms with Gasteiger partial charge >= 0.3 is 5.97 Å². The van der Waals surface area contributed by atoms with E-state index in [-0.39, 0.29) is 16.9 Å². The molecule has 0 saturated heterocycles. The first kappa shape index (κ1) is 15.5. The number of benzene rings is 1. The zero-order valence-electron chi connectivity index (χ0n) is 12.7. The number of carbonyl (C=O) groups excluding carboxylic acids is 1. The van der Waals surface area contributed by atoms with Crippen LogP contribution in [0.3, 0.4) is 0 Å². The zero-order chi connectivity index (χ0) is 15.5. The summed E-state index contributed by atoms with van der Waals surface area (Å²) in [7, 11) is 0. The van der Waals surface area contributed by atoms with Gasteiger partial charge in [-0.15, -0.1) is 0 Å². The maximum absolute atomic E-state index is 12.4. The van der Waals surface area contributed by atoms with Gasteiger partial charge in [0.15, 0.2) is 0 Å². The summed E-state index contributed by atoms with van der Waals surface area (Å²) in [6, 6.07) is 6.61. The standard InChI is InChI=1S/C17H23NO3/c1-17(2,14-5-3-4-6-14)16(21)18-11-12-7-9-13(10-8-12)15(19)20/h7-10,14H,3-6,11H2,1-2H3,(H,18,21)(H,19,20). The molecule has 0 aromatic heterocycles. The molecule has 1 saturated carbocycles. The van der Waals surface area contributed by atoms with Gasteiger partial charge in [-0.05, 0) is 36.5 Å². The Morgan fingerprint density at radius 2 is 1.76 bits per heavy atom. The molecule has 0 atom stereocenters. The van der Waals surface area contributed by atoms with E-state index in [1.165, 1.54) is 12.8 Å². The van der Waals surface area contributed by atoms with Gasteiger partial charge in [-0.1, -0.05) is 38.8 Å². The molecule has 0 bridgehead atoms. The highest BCUT2D eigenvalue weighted by atomic mass is 16.4. The summed E-state index contributed by atoms with van der Waals surface area (Å²) >= 11 is 0. The van der Waals surface area contributed by atoms with E-state index in [0.717, 1.165) is 18.4 Å². The normalized spacial score (nSPS) is 15.9. The molecular formula is C17H23NO3. The Morgan fingerprint density at radius 3 is 2.29 bits per heavy atom. The van der Waals surface area contributed by atoms with Crippen molar-refractivity contribution < 1.29 is 14.7 Å². The molecule has 114 valence electrons. The van der Waals surface area contributed by atoms with Crippen molar-refractivity contribution in [2.75, 3.05) is 0 Å². The molecule has 1 amide bonds. The Hall–Kier alpha value is -1.84. The Bertz CT molecular complexity index is 513. The number of aromatic carboxylic acids is 1. The van der Waals surface area contributed by atoms with Gasteiger partial charge in [-0.25, -0.2) is 4.79 Å². The third-order valence-corrected chi connectivity index (χ3v) is 4.61. The molecule has 21 heavy (non-hydrogen) atoms. The second-order valence-electron chi connectivity index (χ2n) is 6.39. The summed E-state index contributed by atoms with van der Waals surface area (Å²) in [5.41, 5.74) is 0.837. The van der Waals surface area contributed by atoms with E-state index in [2.05, 4.69) is 5.32 Å². The lowest BCUT2D eigenvalue weighted by atomic mass is 9.77. The fourth-order valence-corrected chi connectivity index (χ4v) is 3.01. The fraction of sp³-hybridized carbons (Fsp3) is 0.529. The summed E-state index contributed by atoms with van der Waals surface area (Å²) in [6.45, 7) is 4.48. The van der Waals surface area contributed by atoms with E-state index in [0.29, 0.717) is 12.5 Å². The van der Waals surface area contributed by atoms with Gasteiger partial charge in [0.25, 0.3) is 0 Å². The topological polar surface area (TPSA) is 66.4 Å². The van der Waals surface area contributed by atoms with Crippen LogP contribution in [0.15, 0.2) is 24.3 Å². The van der Waals surface area contributed by atoms with E-state index in [9.17, 15) is 9.59 Å². The number of amides is 1. The Labute approximate surface area is 125 Å². The third-order valence-electron chi connectivity index (χ3n) is 4.61. The molecule has 4 nitrogen and oxygen atoms in total. The summed E-state index contributed by atoms with van der Waals surface area (Å²) in [4.78, 5) is 23.2. The first-order chi connectivity index (χ1) is 9.91. The van der Waals surface area contributed by atoms with Crippen LogP contribution in [0.5, 0.6) is 0 Å². The van der Waals surface area contributed by atoms with Crippen LogP contribution >= 0.6 is 0 Å². The van der Waals surface area contributed by atoms with Crippen molar-refractivity contribution in [2.45, 2.75) is 46.1 Å². The van der Waals surface area contributed by atoms with Crippen LogP contribution < -0.4 is 5.32 Å². The molecule has 1 fully saturated rings. The minimum atomic E-state index is -0.937. The van der Waals surface area contributed by atoms with Crippen LogP contribution in [0.4, 0.5) is 0 Å². The van der Waals surface area contributed by atoms with Crippen LogP contribution in [0, 0.1) is 11.3 Å². The van der Waals surface area contributed by atoms with Crippen molar-refractivity contribution in [1.29, 1.82) is 0 Å². The van der Waals surface area contributed by atoms with Crippen molar-refractivity contribution in [3.05, 3.63) is 35.4 Å². The number of carboxylic acids is 1. The average Bonchev–Trinajstić information content (AvgIpc) is 3.00. The van der Waals surface area contributed by atoms with Crippen LogP contribution in [0.25, 0.3) is 0 Å². The molecule has 0 aliphatic heterocycles. The molecule has 0 heterocycles. The third kappa shape index (κ3) is 3.63. The van der Waals surface area contributed by atoms with Gasteiger partial charge in [0.2, 0.25) is 5.91 Å². The molecule has 0 radical (unpaired) electrons. The SMILES string of the molecule is CC(C)(C(=O)NCc1ccc(C(=O)O)cc1)C1CCCC1. The molecule has 1 aliphatic rings. The molecule has 4 heteroatoms. The largest absolute Gasteiger partial charge is 0.478 e. The molecule has 1 aromatic carbocycles. The monoisotopic (exact) mass is 289 g/mol. The maximum atomic E-state index is 12.4. The number of carbonyl (C=O) groups is 2. The summed E-state index contributed by atoms with van der Waals surface area (Å²) in [5, 5.41) is 11.8. The van der Waals surface area contributed by atoms with Gasteiger partial charge in [0.05, 0.1) is 5.56 Å². The quantitative estimate of drug-likeness (QED) is 0.874. The first-order valence-electron chi connectivity index (χ1n) is 7.52. The zero-order valence-corrected chi connectivity index (χ0v) is 12.7. The van der Waals surface area contributed by atoms with E-state index >= 15 is 0 Å². The van der Waals surface area contributed by atoms with Crippen LogP contribution in [0.1, 0.15) is 55.5 Å². The second kappa shape index (κ2) is 6.29. The van der Waals surface area contributed by atoms with Gasteiger partial charge in [0.1, 0.15) is 0 Å². The highest BCUT2D eigenvalue weighted by Crippen LogP contribution is 2.39. The van der Waals surface area contributed by atoms with Gasteiger partial charge in [0, 0.05) is 12.0 Å². The van der Waals surface area contributed by atoms with Crippen LogP contribution in [0.2, 0.25) is 0 Å². The minimum absolute atomic E-state index is 0.0803. The van der Waals surface area contributed by atoms with E-state index < -0.39 is 5.97 Å². The van der Waals surface area contributed by atoms with Crippen molar-refractivity contribution >= 4 is 11.9 Å². The van der Waals surface area contributed by atoms with Crippen molar-refractivity contribution in [3.8, 4) is 0 Å². The number of carboxylic acid groups (broad SMARTS) is 1. The smallest absolute Gasteiger partial charge is 0.335 e. The fourth-order valence-electron chi connectivity index (χ4n) is 3.01. The van der Waals surface area contributed by atoms with E-state index in [4.69, 9.17) is 5.11 Å². The second-order valence-corrected chi connectivity index (χ2v) is 6.39. The highest BCUT2D eigenvalue weighted by Gasteiger charge is 2.37. The lowest BCUT2D eigenvalue weighted by Gasteiger charge is -2.30. The van der Waals surface area contributed by atoms with Crippen LogP contribution in [-0.2, 0) is 11.3 Å². The summed E-state index contributed by atoms with van der Waals surface area (Å²) in [5.74, 6) is -0.392. The lowest BCUT2D eigenvalue weighted by Crippen LogP contribution is -2.40. The molecular weight excluding hydrogens is 266 g/mol. The van der Waals surface area contributed by atoms with Crippen molar-refractivity contribution in [2.24, 2.45) is 11.3 Å². The number of hydrogen-bond acceptors (Lipinski definition) is 2. The molecule has 2 N–H and O–H groups in total. The summed E-state index contributed by atoms with van der Waals surface area (Å²) in [6.07, 6.45) is 4.71. The van der Waals surface area contributed by atoms with Gasteiger partial charge in [-0.2, -0.15) is 0 Å². The average molecular weight is 289 g/mol. The molecule has 2 rings (SSSR count). The predicted octanol–water partition coefficient (Wildman–Crippen LogP) is 3.22. The minimum Gasteiger partial charge on any atom is -0.478 e. The molecule has 0 spiro atoms.